The van der Waals surface area contributed by atoms with E-state index in [2.05, 4.69) is 73.0 Å². The average molecular weight is 271 g/mol. The van der Waals surface area contributed by atoms with Crippen LogP contribution in [-0.4, -0.2) is 22.1 Å². The monoisotopic (exact) mass is 271 g/mol. The van der Waals surface area contributed by atoms with E-state index < -0.39 is 0 Å². The van der Waals surface area contributed by atoms with Crippen molar-refractivity contribution in [3.05, 3.63) is 42.4 Å². The third-order valence-electron chi connectivity index (χ3n) is 3.59. The number of nitrogens with one attached hydrogen (secondary N) is 1. The predicted molar refractivity (Wildman–Crippen MR) is 84.9 cm³/mol. The first kappa shape index (κ1) is 14.8. The average Bonchev–Trinajstić information content (AvgIpc) is 2.94. The second kappa shape index (κ2) is 6.71. The van der Waals surface area contributed by atoms with Gasteiger partial charge in [0.2, 0.25) is 0 Å². The van der Waals surface area contributed by atoms with Gasteiger partial charge in [0, 0.05) is 30.4 Å². The lowest BCUT2D eigenvalue weighted by molar-refractivity contribution is 0.464. The van der Waals surface area contributed by atoms with E-state index in [9.17, 15) is 0 Å². The first-order valence-electron chi connectivity index (χ1n) is 7.46. The van der Waals surface area contributed by atoms with Gasteiger partial charge in [0.15, 0.2) is 0 Å². The molecule has 0 saturated carbocycles. The molecule has 1 aromatic heterocycles. The number of imidazole rings is 1. The molecule has 1 atom stereocenters. The summed E-state index contributed by atoms with van der Waals surface area (Å²) < 4.78 is 2.18. The summed E-state index contributed by atoms with van der Waals surface area (Å²) in [6, 6.07) is 9.59. The molecule has 0 spiro atoms. The van der Waals surface area contributed by atoms with E-state index in [0.29, 0.717) is 12.1 Å². The maximum atomic E-state index is 4.53. The van der Waals surface area contributed by atoms with Gasteiger partial charge in [-0.1, -0.05) is 45.0 Å². The van der Waals surface area contributed by atoms with E-state index >= 15 is 0 Å². The van der Waals surface area contributed by atoms with Crippen LogP contribution in [0.25, 0.3) is 11.3 Å². The summed E-state index contributed by atoms with van der Waals surface area (Å²) in [6.07, 6.45) is 5.13. The summed E-state index contributed by atoms with van der Waals surface area (Å²) >= 11 is 0. The Morgan fingerprint density at radius 2 is 1.85 bits per heavy atom. The Morgan fingerprint density at radius 1 is 1.15 bits per heavy atom. The van der Waals surface area contributed by atoms with Crippen LogP contribution in [0.15, 0.2) is 36.8 Å². The highest BCUT2D eigenvalue weighted by atomic mass is 15.1. The quantitative estimate of drug-likeness (QED) is 0.868. The molecule has 108 valence electrons. The van der Waals surface area contributed by atoms with Crippen molar-refractivity contribution >= 4 is 0 Å². The Kier molecular flexibility index (Phi) is 4.96. The fraction of sp³-hybridized carbons (Fsp3) is 0.471. The van der Waals surface area contributed by atoms with Crippen LogP contribution in [0.3, 0.4) is 0 Å². The minimum absolute atomic E-state index is 0.411. The number of aryl methyl sites for hydroxylation is 1. The van der Waals surface area contributed by atoms with Gasteiger partial charge in [0.05, 0.1) is 12.0 Å². The predicted octanol–water partition coefficient (Wildman–Crippen LogP) is 3.67. The number of hydrogen-bond acceptors (Lipinski definition) is 2. The third kappa shape index (κ3) is 3.70. The molecule has 1 heterocycles. The summed E-state index contributed by atoms with van der Waals surface area (Å²) in [5, 5.41) is 3.46. The van der Waals surface area contributed by atoms with E-state index in [1.165, 1.54) is 11.1 Å². The van der Waals surface area contributed by atoms with Crippen LogP contribution in [0.4, 0.5) is 0 Å². The van der Waals surface area contributed by atoms with Crippen molar-refractivity contribution < 1.29 is 0 Å². The maximum absolute atomic E-state index is 4.53. The van der Waals surface area contributed by atoms with Crippen molar-refractivity contribution in [1.29, 1.82) is 0 Å². The highest BCUT2D eigenvalue weighted by Gasteiger charge is 2.08. The van der Waals surface area contributed by atoms with E-state index in [-0.39, 0.29) is 0 Å². The first-order chi connectivity index (χ1) is 9.60. The summed E-state index contributed by atoms with van der Waals surface area (Å²) in [5.41, 5.74) is 3.59. The van der Waals surface area contributed by atoms with Crippen LogP contribution in [0.2, 0.25) is 0 Å². The Hall–Kier alpha value is -1.61. The van der Waals surface area contributed by atoms with E-state index in [1.54, 1.807) is 0 Å². The van der Waals surface area contributed by atoms with Crippen molar-refractivity contribution in [2.24, 2.45) is 0 Å². The molecular formula is C17H25N3. The molecule has 1 N–H and O–H groups in total. The number of rotatable bonds is 6. The summed E-state index contributed by atoms with van der Waals surface area (Å²) in [4.78, 5) is 4.53. The standard InChI is InChI=1S/C17H25N3/c1-5-15-6-8-16(9-7-15)17-11-20(12-19-17)14(4)10-18-13(2)3/h6-9,11-14,18H,5,10H2,1-4H3/t14-/m1/s1. The molecule has 0 fully saturated rings. The summed E-state index contributed by atoms with van der Waals surface area (Å²) in [6.45, 7) is 9.68. The SMILES string of the molecule is CCc1ccc(-c2cn([C@H](C)CNC(C)C)cn2)cc1. The van der Waals surface area contributed by atoms with Crippen molar-refractivity contribution in [2.45, 2.75) is 46.2 Å². The molecule has 0 amide bonds. The Balaban J connectivity index is 2.07. The van der Waals surface area contributed by atoms with Crippen LogP contribution < -0.4 is 5.32 Å². The van der Waals surface area contributed by atoms with Crippen LogP contribution >= 0.6 is 0 Å². The maximum Gasteiger partial charge on any atom is 0.0956 e. The molecule has 0 aliphatic heterocycles. The molecule has 2 aromatic rings. The second-order valence-corrected chi connectivity index (χ2v) is 5.67. The van der Waals surface area contributed by atoms with Gasteiger partial charge in [-0.05, 0) is 18.9 Å². The Bertz CT molecular complexity index is 525. The van der Waals surface area contributed by atoms with Gasteiger partial charge in [-0.3, -0.25) is 0 Å². The molecule has 0 aliphatic rings. The molecular weight excluding hydrogens is 246 g/mol. The number of nitrogens with zero attached hydrogens (tertiary/aromatic N) is 2. The minimum atomic E-state index is 0.411. The highest BCUT2D eigenvalue weighted by molar-refractivity contribution is 5.58. The van der Waals surface area contributed by atoms with Crippen LogP contribution in [0.5, 0.6) is 0 Å². The lowest BCUT2D eigenvalue weighted by Gasteiger charge is -2.15. The van der Waals surface area contributed by atoms with Gasteiger partial charge in [-0.25, -0.2) is 4.98 Å². The number of aromatic nitrogens is 2. The lowest BCUT2D eigenvalue weighted by Crippen LogP contribution is -2.28. The molecule has 0 unspecified atom stereocenters. The van der Waals surface area contributed by atoms with Crippen LogP contribution in [0.1, 0.15) is 39.3 Å². The topological polar surface area (TPSA) is 29.9 Å². The van der Waals surface area contributed by atoms with E-state index in [1.807, 2.05) is 6.33 Å². The first-order valence-corrected chi connectivity index (χ1v) is 7.46. The highest BCUT2D eigenvalue weighted by Crippen LogP contribution is 2.19. The third-order valence-corrected chi connectivity index (χ3v) is 3.59. The van der Waals surface area contributed by atoms with Gasteiger partial charge in [0.25, 0.3) is 0 Å². The fourth-order valence-corrected chi connectivity index (χ4v) is 2.15. The molecule has 3 heteroatoms. The fourth-order valence-electron chi connectivity index (χ4n) is 2.15. The smallest absolute Gasteiger partial charge is 0.0956 e. The molecule has 0 radical (unpaired) electrons. The van der Waals surface area contributed by atoms with Gasteiger partial charge >= 0.3 is 0 Å². The molecule has 0 aliphatic carbocycles. The lowest BCUT2D eigenvalue weighted by atomic mass is 10.1. The zero-order chi connectivity index (χ0) is 14.5. The molecule has 1 aromatic carbocycles. The van der Waals surface area contributed by atoms with Crippen molar-refractivity contribution in [2.75, 3.05) is 6.54 Å². The minimum Gasteiger partial charge on any atom is -0.333 e. The van der Waals surface area contributed by atoms with Gasteiger partial charge in [0.1, 0.15) is 0 Å². The molecule has 0 saturated heterocycles. The van der Waals surface area contributed by atoms with Crippen molar-refractivity contribution in [3.63, 3.8) is 0 Å². The van der Waals surface area contributed by atoms with E-state index in [4.69, 9.17) is 0 Å². The summed E-state index contributed by atoms with van der Waals surface area (Å²) in [7, 11) is 0. The van der Waals surface area contributed by atoms with Gasteiger partial charge in [-0.2, -0.15) is 0 Å². The second-order valence-electron chi connectivity index (χ2n) is 5.67. The largest absolute Gasteiger partial charge is 0.333 e. The van der Waals surface area contributed by atoms with E-state index in [0.717, 1.165) is 18.7 Å². The zero-order valence-electron chi connectivity index (χ0n) is 12.9. The van der Waals surface area contributed by atoms with Gasteiger partial charge < -0.3 is 9.88 Å². The molecule has 0 bridgehead atoms. The van der Waals surface area contributed by atoms with Crippen LogP contribution in [-0.2, 0) is 6.42 Å². The van der Waals surface area contributed by atoms with Crippen molar-refractivity contribution in [3.8, 4) is 11.3 Å². The zero-order valence-corrected chi connectivity index (χ0v) is 12.9. The summed E-state index contributed by atoms with van der Waals surface area (Å²) in [5.74, 6) is 0. The van der Waals surface area contributed by atoms with Crippen molar-refractivity contribution in [1.82, 2.24) is 14.9 Å². The number of benzene rings is 1. The van der Waals surface area contributed by atoms with Gasteiger partial charge in [-0.15, -0.1) is 0 Å². The molecule has 2 rings (SSSR count). The Morgan fingerprint density at radius 3 is 2.45 bits per heavy atom. The Labute approximate surface area is 122 Å². The molecule has 3 nitrogen and oxygen atoms in total. The van der Waals surface area contributed by atoms with Crippen LogP contribution in [0, 0.1) is 0 Å². The normalized spacial score (nSPS) is 12.8. The molecule has 20 heavy (non-hydrogen) atoms. The number of hydrogen-bond donors (Lipinski definition) is 1.